The highest BCUT2D eigenvalue weighted by Gasteiger charge is 2.41. The van der Waals surface area contributed by atoms with Crippen molar-refractivity contribution in [2.75, 3.05) is 0 Å². The molecule has 1 heterocycles. The summed E-state index contributed by atoms with van der Waals surface area (Å²) in [6.07, 6.45) is 1.13. The predicted molar refractivity (Wildman–Crippen MR) is 111 cm³/mol. The van der Waals surface area contributed by atoms with E-state index in [4.69, 9.17) is 16.0 Å². The molecule has 6 nitrogen and oxygen atoms in total. The van der Waals surface area contributed by atoms with E-state index < -0.39 is 12.2 Å². The van der Waals surface area contributed by atoms with Gasteiger partial charge in [-0.05, 0) is 54.0 Å². The molecule has 2 atom stereocenters. The Kier molecular flexibility index (Phi) is 4.36. The van der Waals surface area contributed by atoms with Gasteiger partial charge in [-0.1, -0.05) is 36.4 Å². The minimum atomic E-state index is -0.770. The molecular weight excluding hydrogens is 380 g/mol. The Hall–Kier alpha value is -3.85. The fraction of sp³-hybridized carbons (Fsp3) is 0.208. The van der Waals surface area contributed by atoms with Gasteiger partial charge in [0.05, 0.1) is 6.57 Å². The van der Waals surface area contributed by atoms with E-state index in [9.17, 15) is 9.59 Å². The zero-order chi connectivity index (χ0) is 20.7. The number of imide groups is 1. The van der Waals surface area contributed by atoms with E-state index in [0.29, 0.717) is 17.2 Å². The van der Waals surface area contributed by atoms with Gasteiger partial charge < -0.3 is 9.47 Å². The molecule has 5 rings (SSSR count). The van der Waals surface area contributed by atoms with E-state index in [0.717, 1.165) is 41.2 Å². The van der Waals surface area contributed by atoms with Crippen LogP contribution in [0.25, 0.3) is 15.6 Å². The molecule has 0 saturated carbocycles. The fourth-order valence-corrected chi connectivity index (χ4v) is 4.41. The third-order valence-electron chi connectivity index (χ3n) is 5.77. The normalized spacial score (nSPS) is 20.2. The molecule has 30 heavy (non-hydrogen) atoms. The summed E-state index contributed by atoms with van der Waals surface area (Å²) >= 11 is 0. The zero-order valence-corrected chi connectivity index (χ0v) is 16.1. The van der Waals surface area contributed by atoms with Gasteiger partial charge in [0.2, 0.25) is 0 Å². The van der Waals surface area contributed by atoms with E-state index in [2.05, 4.69) is 10.2 Å². The Balaban J connectivity index is 1.47. The maximum atomic E-state index is 12.1. The van der Waals surface area contributed by atoms with Crippen LogP contribution in [0.5, 0.6) is 11.5 Å². The van der Waals surface area contributed by atoms with Gasteiger partial charge >= 0.3 is 6.09 Å². The van der Waals surface area contributed by atoms with Gasteiger partial charge in [-0.25, -0.2) is 9.64 Å². The number of benzene rings is 3. The van der Waals surface area contributed by atoms with Gasteiger partial charge in [-0.2, -0.15) is 0 Å². The molecular formula is C24H18N2O4. The van der Waals surface area contributed by atoms with Crippen LogP contribution in [0.2, 0.25) is 0 Å². The lowest BCUT2D eigenvalue weighted by Gasteiger charge is -2.28. The van der Waals surface area contributed by atoms with E-state index in [1.54, 1.807) is 6.07 Å². The molecule has 148 valence electrons. The SMILES string of the molecule is [C-]#[N+]c1ccc(Oc2ccc3c(c2)CCC[C@H]3[C@H]2OC(=O)NC2=O)c2ccccc12. The zero-order valence-electron chi connectivity index (χ0n) is 16.1. The number of aryl methyl sites for hydroxylation is 1. The summed E-state index contributed by atoms with van der Waals surface area (Å²) in [7, 11) is 0. The fourth-order valence-electron chi connectivity index (χ4n) is 4.41. The molecule has 2 amide bonds. The molecule has 6 heteroatoms. The number of hydrogen-bond donors (Lipinski definition) is 1. The first-order valence-corrected chi connectivity index (χ1v) is 9.85. The van der Waals surface area contributed by atoms with Crippen molar-refractivity contribution in [3.05, 3.63) is 77.1 Å². The van der Waals surface area contributed by atoms with E-state index in [1.807, 2.05) is 48.5 Å². The molecule has 3 aromatic rings. The maximum absolute atomic E-state index is 12.1. The Morgan fingerprint density at radius 1 is 1.07 bits per heavy atom. The van der Waals surface area contributed by atoms with Gasteiger partial charge in [-0.3, -0.25) is 10.1 Å². The largest absolute Gasteiger partial charge is 0.457 e. The van der Waals surface area contributed by atoms with Crippen molar-refractivity contribution in [3.63, 3.8) is 0 Å². The quantitative estimate of drug-likeness (QED) is 0.613. The highest BCUT2D eigenvalue weighted by molar-refractivity contribution is 6.00. The number of ether oxygens (including phenoxy) is 2. The lowest BCUT2D eigenvalue weighted by atomic mass is 9.79. The number of nitrogens with one attached hydrogen (secondary N) is 1. The van der Waals surface area contributed by atoms with Crippen molar-refractivity contribution < 1.29 is 19.1 Å². The first-order chi connectivity index (χ1) is 14.6. The van der Waals surface area contributed by atoms with Gasteiger partial charge in [0.1, 0.15) is 11.5 Å². The van der Waals surface area contributed by atoms with E-state index >= 15 is 0 Å². The molecule has 1 fully saturated rings. The molecule has 1 aliphatic carbocycles. The van der Waals surface area contributed by atoms with Crippen molar-refractivity contribution >= 4 is 28.5 Å². The highest BCUT2D eigenvalue weighted by atomic mass is 16.6. The Morgan fingerprint density at radius 2 is 1.90 bits per heavy atom. The molecule has 1 N–H and O–H groups in total. The van der Waals surface area contributed by atoms with Crippen LogP contribution in [0.3, 0.4) is 0 Å². The summed E-state index contributed by atoms with van der Waals surface area (Å²) in [5.74, 6) is 0.870. The molecule has 0 spiro atoms. The van der Waals surface area contributed by atoms with E-state index in [-0.39, 0.29) is 11.8 Å². The summed E-state index contributed by atoms with van der Waals surface area (Å²) in [6, 6.07) is 17.1. The molecule has 1 saturated heterocycles. The summed E-state index contributed by atoms with van der Waals surface area (Å²) in [6.45, 7) is 7.36. The Labute approximate surface area is 173 Å². The van der Waals surface area contributed by atoms with Crippen LogP contribution in [0.1, 0.15) is 29.9 Å². The number of rotatable bonds is 3. The summed E-state index contributed by atoms with van der Waals surface area (Å²) < 4.78 is 11.4. The predicted octanol–water partition coefficient (Wildman–Crippen LogP) is 5.24. The summed E-state index contributed by atoms with van der Waals surface area (Å²) in [5, 5.41) is 3.96. The van der Waals surface area contributed by atoms with Crippen LogP contribution in [0.4, 0.5) is 10.5 Å². The number of cyclic esters (lactones) is 1. The highest BCUT2D eigenvalue weighted by Crippen LogP contribution is 2.40. The minimum absolute atomic E-state index is 0.145. The molecule has 0 aromatic heterocycles. The molecule has 0 radical (unpaired) electrons. The number of fused-ring (bicyclic) bond motifs is 2. The van der Waals surface area contributed by atoms with Crippen LogP contribution in [-0.4, -0.2) is 18.1 Å². The summed E-state index contributed by atoms with van der Waals surface area (Å²) in [4.78, 5) is 27.1. The monoisotopic (exact) mass is 398 g/mol. The number of alkyl carbamates (subject to hydrolysis) is 1. The van der Waals surface area contributed by atoms with Crippen LogP contribution in [-0.2, 0) is 16.0 Å². The lowest BCUT2D eigenvalue weighted by Crippen LogP contribution is -2.31. The lowest BCUT2D eigenvalue weighted by molar-refractivity contribution is -0.124. The Bertz CT molecular complexity index is 1230. The van der Waals surface area contributed by atoms with Crippen molar-refractivity contribution in [3.8, 4) is 11.5 Å². The third kappa shape index (κ3) is 3.05. The first-order valence-electron chi connectivity index (χ1n) is 9.85. The third-order valence-corrected chi connectivity index (χ3v) is 5.77. The molecule has 2 aliphatic rings. The second-order valence-corrected chi connectivity index (χ2v) is 7.52. The van der Waals surface area contributed by atoms with Gasteiger partial charge in [0.15, 0.2) is 11.8 Å². The maximum Gasteiger partial charge on any atom is 0.414 e. The molecule has 0 bridgehead atoms. The second-order valence-electron chi connectivity index (χ2n) is 7.52. The van der Waals surface area contributed by atoms with Crippen LogP contribution >= 0.6 is 0 Å². The van der Waals surface area contributed by atoms with Crippen molar-refractivity contribution in [2.45, 2.75) is 31.3 Å². The molecule has 0 unspecified atom stereocenters. The standard InChI is InChI=1S/C24H18N2O4/c1-25-20-11-12-21(18-7-3-2-6-17(18)20)29-15-9-10-16-14(13-15)5-4-8-19(16)22-23(27)26-24(28)30-22/h2-3,6-7,9-13,19,22H,4-5,8H2,(H,26,27,28)/t19-,22-/m1/s1. The van der Waals surface area contributed by atoms with Gasteiger partial charge in [0, 0.05) is 11.3 Å². The minimum Gasteiger partial charge on any atom is -0.457 e. The van der Waals surface area contributed by atoms with Crippen molar-refractivity contribution in [1.82, 2.24) is 5.32 Å². The van der Waals surface area contributed by atoms with E-state index in [1.165, 1.54) is 0 Å². The first kappa shape index (κ1) is 18.2. The number of carbonyl (C=O) groups excluding carboxylic acids is 2. The number of carbonyl (C=O) groups is 2. The average molecular weight is 398 g/mol. The number of amides is 2. The molecule has 3 aromatic carbocycles. The van der Waals surface area contributed by atoms with Crippen LogP contribution < -0.4 is 10.1 Å². The number of hydrogen-bond acceptors (Lipinski definition) is 4. The van der Waals surface area contributed by atoms with Crippen molar-refractivity contribution in [1.29, 1.82) is 0 Å². The van der Waals surface area contributed by atoms with Gasteiger partial charge in [0.25, 0.3) is 5.91 Å². The van der Waals surface area contributed by atoms with Crippen molar-refractivity contribution in [2.24, 2.45) is 0 Å². The average Bonchev–Trinajstić information content (AvgIpc) is 3.11. The van der Waals surface area contributed by atoms with Gasteiger partial charge in [-0.15, -0.1) is 0 Å². The van der Waals surface area contributed by atoms with Crippen LogP contribution in [0.15, 0.2) is 54.6 Å². The summed E-state index contributed by atoms with van der Waals surface area (Å²) in [5.41, 5.74) is 2.72. The number of nitrogens with zero attached hydrogens (tertiary/aromatic N) is 1. The Morgan fingerprint density at radius 3 is 2.67 bits per heavy atom. The second kappa shape index (κ2) is 7.20. The van der Waals surface area contributed by atoms with Crippen LogP contribution in [0, 0.1) is 6.57 Å². The molecule has 1 aliphatic heterocycles. The smallest absolute Gasteiger partial charge is 0.414 e. The topological polar surface area (TPSA) is 69.0 Å².